The molecule has 1 saturated heterocycles. The number of amides is 1. The second-order valence-corrected chi connectivity index (χ2v) is 6.81. The Balaban J connectivity index is 1.66. The molecule has 2 aliphatic heterocycles. The van der Waals surface area contributed by atoms with Crippen LogP contribution in [0.25, 0.3) is 0 Å². The van der Waals surface area contributed by atoms with E-state index in [1.54, 1.807) is 11.8 Å². The summed E-state index contributed by atoms with van der Waals surface area (Å²) < 4.78 is 0. The summed E-state index contributed by atoms with van der Waals surface area (Å²) >= 11 is 1.65. The van der Waals surface area contributed by atoms with E-state index in [0.29, 0.717) is 6.54 Å². The van der Waals surface area contributed by atoms with E-state index in [-0.39, 0.29) is 22.9 Å². The average Bonchev–Trinajstić information content (AvgIpc) is 2.97. The predicted molar refractivity (Wildman–Crippen MR) is 82.5 cm³/mol. The van der Waals surface area contributed by atoms with Crippen LogP contribution in [0.2, 0.25) is 0 Å². The van der Waals surface area contributed by atoms with Crippen molar-refractivity contribution in [2.24, 2.45) is 16.8 Å². The van der Waals surface area contributed by atoms with Gasteiger partial charge in [-0.05, 0) is 30.9 Å². The Morgan fingerprint density at radius 3 is 3.00 bits per heavy atom. The normalized spacial score (nSPS) is 25.7. The summed E-state index contributed by atoms with van der Waals surface area (Å²) in [5.41, 5.74) is 6.94. The third-order valence-electron chi connectivity index (χ3n) is 4.19. The number of hydrogen-bond acceptors (Lipinski definition) is 4. The lowest BCUT2D eigenvalue weighted by atomic mass is 9.96. The number of thioether (sulfide) groups is 1. The van der Waals surface area contributed by atoms with Gasteiger partial charge in [-0.3, -0.25) is 4.79 Å². The Morgan fingerprint density at radius 1 is 1.43 bits per heavy atom. The van der Waals surface area contributed by atoms with Crippen molar-refractivity contribution in [2.75, 3.05) is 13.1 Å². The fourth-order valence-corrected chi connectivity index (χ4v) is 4.30. The van der Waals surface area contributed by atoms with Crippen LogP contribution >= 0.6 is 11.8 Å². The van der Waals surface area contributed by atoms with Crippen LogP contribution in [0, 0.1) is 5.92 Å². The second-order valence-electron chi connectivity index (χ2n) is 5.57. The van der Waals surface area contributed by atoms with Crippen molar-refractivity contribution in [3.05, 3.63) is 29.8 Å². The van der Waals surface area contributed by atoms with Crippen molar-refractivity contribution in [3.8, 4) is 0 Å². The lowest BCUT2D eigenvalue weighted by Gasteiger charge is -2.33. The van der Waals surface area contributed by atoms with Crippen LogP contribution in [0.15, 0.2) is 34.3 Å². The Hall–Kier alpha value is -1.69. The van der Waals surface area contributed by atoms with E-state index in [9.17, 15) is 4.79 Å². The molecule has 0 spiro atoms. The molecule has 0 aliphatic carbocycles. The van der Waals surface area contributed by atoms with Gasteiger partial charge in [-0.2, -0.15) is 0 Å². The van der Waals surface area contributed by atoms with Crippen molar-refractivity contribution in [1.82, 2.24) is 4.90 Å². The van der Waals surface area contributed by atoms with Crippen molar-refractivity contribution in [2.45, 2.75) is 29.4 Å². The maximum Gasteiger partial charge on any atom is 0.236 e. The topological polar surface area (TPSA) is 78.9 Å². The molecule has 2 aliphatic rings. The number of oxime groups is 1. The molecule has 6 heteroatoms. The van der Waals surface area contributed by atoms with Crippen LogP contribution in [-0.4, -0.2) is 40.2 Å². The molecule has 2 heterocycles. The zero-order valence-electron chi connectivity index (χ0n) is 11.7. The minimum Gasteiger partial charge on any atom is -0.409 e. The molecule has 3 N–H and O–H groups in total. The van der Waals surface area contributed by atoms with Gasteiger partial charge in [0.2, 0.25) is 5.91 Å². The van der Waals surface area contributed by atoms with Crippen molar-refractivity contribution in [1.29, 1.82) is 0 Å². The quantitative estimate of drug-likeness (QED) is 0.377. The number of amidine groups is 1. The first-order valence-corrected chi connectivity index (χ1v) is 8.07. The predicted octanol–water partition coefficient (Wildman–Crippen LogP) is 1.69. The molecule has 1 fully saturated rings. The van der Waals surface area contributed by atoms with Crippen molar-refractivity contribution in [3.63, 3.8) is 0 Å². The summed E-state index contributed by atoms with van der Waals surface area (Å²) in [5.74, 6) is 0.378. The van der Waals surface area contributed by atoms with E-state index < -0.39 is 0 Å². The maximum atomic E-state index is 12.7. The molecule has 2 unspecified atom stereocenters. The van der Waals surface area contributed by atoms with E-state index >= 15 is 0 Å². The number of piperidine rings is 1. The van der Waals surface area contributed by atoms with E-state index in [0.717, 1.165) is 25.8 Å². The molecule has 1 amide bonds. The first-order chi connectivity index (χ1) is 10.2. The third kappa shape index (κ3) is 2.85. The highest BCUT2D eigenvalue weighted by Gasteiger charge is 2.34. The van der Waals surface area contributed by atoms with Gasteiger partial charge in [0.15, 0.2) is 0 Å². The number of fused-ring (bicyclic) bond motifs is 1. The number of rotatable bonds is 2. The molecule has 5 nitrogen and oxygen atoms in total. The fraction of sp³-hybridized carbons (Fsp3) is 0.467. The largest absolute Gasteiger partial charge is 0.409 e. The van der Waals surface area contributed by atoms with E-state index in [2.05, 4.69) is 17.3 Å². The summed E-state index contributed by atoms with van der Waals surface area (Å²) in [4.78, 5) is 15.8. The average molecular weight is 305 g/mol. The Morgan fingerprint density at radius 2 is 2.24 bits per heavy atom. The molecule has 1 aromatic rings. The minimum absolute atomic E-state index is 0.0264. The van der Waals surface area contributed by atoms with Crippen LogP contribution < -0.4 is 5.73 Å². The lowest BCUT2D eigenvalue weighted by molar-refractivity contribution is -0.131. The zero-order valence-corrected chi connectivity index (χ0v) is 12.6. The van der Waals surface area contributed by atoms with Crippen molar-refractivity contribution < 1.29 is 10.0 Å². The number of nitrogens with zero attached hydrogens (tertiary/aromatic N) is 2. The van der Waals surface area contributed by atoms with Gasteiger partial charge in [-0.15, -0.1) is 11.8 Å². The molecule has 1 aromatic carbocycles. The number of hydrogen-bond donors (Lipinski definition) is 2. The van der Waals surface area contributed by atoms with Crippen molar-refractivity contribution >= 4 is 23.5 Å². The monoisotopic (exact) mass is 305 g/mol. The standard InChI is InChI=1S/C15H19N3O2S/c16-14(17-20)11-5-3-7-18(9-11)15(19)13-8-10-4-1-2-6-12(10)21-13/h1-2,4,6,11,13,20H,3,5,7-9H2,(H2,16,17). The number of nitrogens with two attached hydrogens (primary N) is 1. The first-order valence-electron chi connectivity index (χ1n) is 7.20. The summed E-state index contributed by atoms with van der Waals surface area (Å²) in [6, 6.07) is 8.18. The molecule has 2 atom stereocenters. The molecule has 0 saturated carbocycles. The van der Waals surface area contributed by atoms with Gasteiger partial charge < -0.3 is 15.8 Å². The lowest BCUT2D eigenvalue weighted by Crippen LogP contribution is -2.47. The van der Waals surface area contributed by atoms with E-state index in [1.807, 2.05) is 17.0 Å². The van der Waals surface area contributed by atoms with Crippen LogP contribution in [0.3, 0.4) is 0 Å². The van der Waals surface area contributed by atoms with Crippen LogP contribution in [0.5, 0.6) is 0 Å². The highest BCUT2D eigenvalue weighted by molar-refractivity contribution is 8.01. The van der Waals surface area contributed by atoms with Gasteiger partial charge in [0.05, 0.1) is 5.25 Å². The number of benzene rings is 1. The molecule has 3 rings (SSSR count). The summed E-state index contributed by atoms with van der Waals surface area (Å²) in [6.45, 7) is 1.32. The SMILES string of the molecule is NC(=NO)C1CCCN(C(=O)C2Cc3ccccc3S2)C1. The zero-order chi connectivity index (χ0) is 14.8. The maximum absolute atomic E-state index is 12.7. The molecule has 0 radical (unpaired) electrons. The number of carbonyl (C=O) groups is 1. The number of carbonyl (C=O) groups excluding carboxylic acids is 1. The Bertz CT molecular complexity index is 551. The van der Waals surface area contributed by atoms with Crippen LogP contribution in [0.4, 0.5) is 0 Å². The van der Waals surface area contributed by atoms with Gasteiger partial charge in [0, 0.05) is 23.9 Å². The van der Waals surface area contributed by atoms with E-state index in [4.69, 9.17) is 10.9 Å². The summed E-state index contributed by atoms with van der Waals surface area (Å²) in [5, 5.41) is 11.9. The second kappa shape index (κ2) is 5.97. The van der Waals surface area contributed by atoms with Crippen LogP contribution in [0.1, 0.15) is 18.4 Å². The minimum atomic E-state index is -0.0339. The summed E-state index contributed by atoms with van der Waals surface area (Å²) in [7, 11) is 0. The van der Waals surface area contributed by atoms with Gasteiger partial charge in [0.25, 0.3) is 0 Å². The highest BCUT2D eigenvalue weighted by atomic mass is 32.2. The number of likely N-dealkylation sites (tertiary alicyclic amines) is 1. The molecule has 21 heavy (non-hydrogen) atoms. The molecular formula is C15H19N3O2S. The molecule has 0 bridgehead atoms. The smallest absolute Gasteiger partial charge is 0.236 e. The van der Waals surface area contributed by atoms with Gasteiger partial charge in [-0.25, -0.2) is 0 Å². The highest BCUT2D eigenvalue weighted by Crippen LogP contribution is 2.38. The molecular weight excluding hydrogens is 286 g/mol. The van der Waals surface area contributed by atoms with Gasteiger partial charge >= 0.3 is 0 Å². The van der Waals surface area contributed by atoms with Gasteiger partial charge in [-0.1, -0.05) is 23.4 Å². The summed E-state index contributed by atoms with van der Waals surface area (Å²) in [6.07, 6.45) is 2.57. The molecule has 0 aromatic heterocycles. The third-order valence-corrected chi connectivity index (χ3v) is 5.49. The first kappa shape index (κ1) is 14.3. The Labute approximate surface area is 128 Å². The van der Waals surface area contributed by atoms with Crippen LogP contribution in [-0.2, 0) is 11.2 Å². The molecule has 112 valence electrons. The van der Waals surface area contributed by atoms with E-state index in [1.165, 1.54) is 10.5 Å². The fourth-order valence-electron chi connectivity index (χ4n) is 3.02. The van der Waals surface area contributed by atoms with Gasteiger partial charge in [0.1, 0.15) is 5.84 Å². The Kier molecular flexibility index (Phi) is 4.05.